The molecule has 3 aromatic rings. The Bertz CT molecular complexity index is 733. The molecule has 0 fully saturated rings. The average Bonchev–Trinajstić information content (AvgIpc) is 2.81. The van der Waals surface area contributed by atoms with E-state index in [-0.39, 0.29) is 5.82 Å². The second-order valence-corrected chi connectivity index (χ2v) is 3.87. The summed E-state index contributed by atoms with van der Waals surface area (Å²) in [6.45, 7) is 0. The third-order valence-corrected chi connectivity index (χ3v) is 2.62. The Morgan fingerprint density at radius 3 is 2.89 bits per heavy atom. The maximum Gasteiger partial charge on any atom is 0.227 e. The maximum absolute atomic E-state index is 13.0. The summed E-state index contributed by atoms with van der Waals surface area (Å²) in [5.74, 6) is 0.0169. The zero-order chi connectivity index (χ0) is 12.5. The van der Waals surface area contributed by atoms with Crippen LogP contribution >= 0.6 is 0 Å². The molecule has 4 heteroatoms. The van der Waals surface area contributed by atoms with Crippen LogP contribution in [0.2, 0.25) is 0 Å². The van der Waals surface area contributed by atoms with Crippen LogP contribution in [0, 0.1) is 5.82 Å². The Labute approximate surface area is 102 Å². The molecule has 0 N–H and O–H groups in total. The highest BCUT2D eigenvalue weighted by atomic mass is 19.1. The van der Waals surface area contributed by atoms with E-state index >= 15 is 0 Å². The number of benzene rings is 2. The molecule has 0 amide bonds. The van der Waals surface area contributed by atoms with Gasteiger partial charge in [-0.05, 0) is 24.3 Å². The average molecular weight is 241 g/mol. The van der Waals surface area contributed by atoms with Gasteiger partial charge in [0, 0.05) is 17.2 Å². The quantitative estimate of drug-likeness (QED) is 0.645. The maximum atomic E-state index is 13.0. The highest BCUT2D eigenvalue weighted by molar-refractivity contribution is 5.80. The Balaban J connectivity index is 2.15. The lowest BCUT2D eigenvalue weighted by molar-refractivity contribution is 0.112. The molecule has 3 rings (SSSR count). The number of carbonyl (C=O) groups is 1. The number of nitrogens with zero attached hydrogens (tertiary/aromatic N) is 1. The number of rotatable bonds is 2. The van der Waals surface area contributed by atoms with Crippen LogP contribution in [0.15, 0.2) is 46.9 Å². The molecule has 1 aromatic heterocycles. The van der Waals surface area contributed by atoms with E-state index in [2.05, 4.69) is 4.98 Å². The van der Waals surface area contributed by atoms with Crippen molar-refractivity contribution in [3.8, 4) is 11.5 Å². The van der Waals surface area contributed by atoms with Gasteiger partial charge < -0.3 is 4.42 Å². The Hall–Kier alpha value is -2.49. The molecule has 18 heavy (non-hydrogen) atoms. The number of oxazole rings is 1. The van der Waals surface area contributed by atoms with Crippen molar-refractivity contribution in [2.45, 2.75) is 0 Å². The molecular weight excluding hydrogens is 233 g/mol. The van der Waals surface area contributed by atoms with Gasteiger partial charge in [-0.2, -0.15) is 0 Å². The summed E-state index contributed by atoms with van der Waals surface area (Å²) < 4.78 is 18.6. The van der Waals surface area contributed by atoms with E-state index < -0.39 is 0 Å². The summed E-state index contributed by atoms with van der Waals surface area (Å²) in [7, 11) is 0. The minimum Gasteiger partial charge on any atom is -0.436 e. The Kier molecular flexibility index (Phi) is 2.41. The number of fused-ring (bicyclic) bond motifs is 1. The zero-order valence-corrected chi connectivity index (χ0v) is 9.26. The van der Waals surface area contributed by atoms with Crippen molar-refractivity contribution in [3.05, 3.63) is 53.8 Å². The van der Waals surface area contributed by atoms with Gasteiger partial charge in [-0.25, -0.2) is 9.37 Å². The molecule has 0 spiro atoms. The predicted octanol–water partition coefficient (Wildman–Crippen LogP) is 3.45. The summed E-state index contributed by atoms with van der Waals surface area (Å²) in [4.78, 5) is 14.9. The largest absolute Gasteiger partial charge is 0.436 e. The summed E-state index contributed by atoms with van der Waals surface area (Å²) in [5, 5.41) is 0. The lowest BCUT2D eigenvalue weighted by Gasteiger charge is -1.95. The van der Waals surface area contributed by atoms with Gasteiger partial charge in [-0.15, -0.1) is 0 Å². The van der Waals surface area contributed by atoms with Crippen LogP contribution in [0.3, 0.4) is 0 Å². The number of hydrogen-bond donors (Lipinski definition) is 0. The van der Waals surface area contributed by atoms with Gasteiger partial charge in [0.15, 0.2) is 5.58 Å². The monoisotopic (exact) mass is 241 g/mol. The van der Waals surface area contributed by atoms with Crippen LogP contribution < -0.4 is 0 Å². The van der Waals surface area contributed by atoms with Crippen LogP contribution in [0.1, 0.15) is 10.4 Å². The van der Waals surface area contributed by atoms with Crippen molar-refractivity contribution in [1.82, 2.24) is 4.98 Å². The van der Waals surface area contributed by atoms with Crippen LogP contribution in [-0.2, 0) is 0 Å². The first-order valence-corrected chi connectivity index (χ1v) is 5.38. The van der Waals surface area contributed by atoms with Crippen molar-refractivity contribution in [2.75, 3.05) is 0 Å². The second kappa shape index (κ2) is 4.07. The van der Waals surface area contributed by atoms with Crippen molar-refractivity contribution in [2.24, 2.45) is 0 Å². The van der Waals surface area contributed by atoms with E-state index in [0.717, 1.165) is 6.29 Å². The zero-order valence-electron chi connectivity index (χ0n) is 9.26. The van der Waals surface area contributed by atoms with Crippen LogP contribution in [-0.4, -0.2) is 11.3 Å². The van der Waals surface area contributed by atoms with Gasteiger partial charge in [-0.1, -0.05) is 12.1 Å². The summed E-state index contributed by atoms with van der Waals surface area (Å²) in [6, 6.07) is 11.1. The van der Waals surface area contributed by atoms with E-state index in [4.69, 9.17) is 4.42 Å². The molecule has 0 saturated carbocycles. The molecule has 0 radical (unpaired) electrons. The van der Waals surface area contributed by atoms with E-state index in [0.29, 0.717) is 28.1 Å². The lowest BCUT2D eigenvalue weighted by Crippen LogP contribution is -1.82. The third kappa shape index (κ3) is 1.78. The van der Waals surface area contributed by atoms with Gasteiger partial charge in [0.25, 0.3) is 0 Å². The van der Waals surface area contributed by atoms with E-state index in [1.165, 1.54) is 18.2 Å². The fraction of sp³-hybridized carbons (Fsp3) is 0. The van der Waals surface area contributed by atoms with Gasteiger partial charge in [-0.3, -0.25) is 4.79 Å². The molecule has 0 aliphatic rings. The molecule has 2 aromatic carbocycles. The molecular formula is C14H8FNO2. The van der Waals surface area contributed by atoms with Gasteiger partial charge >= 0.3 is 0 Å². The number of aldehydes is 1. The molecule has 0 atom stereocenters. The van der Waals surface area contributed by atoms with Crippen LogP contribution in [0.4, 0.5) is 4.39 Å². The lowest BCUT2D eigenvalue weighted by atomic mass is 10.1. The van der Waals surface area contributed by atoms with E-state index in [1.54, 1.807) is 24.3 Å². The van der Waals surface area contributed by atoms with Crippen molar-refractivity contribution < 1.29 is 13.6 Å². The van der Waals surface area contributed by atoms with Crippen molar-refractivity contribution >= 4 is 17.4 Å². The molecule has 0 unspecified atom stereocenters. The molecule has 0 saturated heterocycles. The highest BCUT2D eigenvalue weighted by Gasteiger charge is 2.09. The summed E-state index contributed by atoms with van der Waals surface area (Å²) >= 11 is 0. The normalized spacial score (nSPS) is 10.7. The fourth-order valence-electron chi connectivity index (χ4n) is 1.77. The van der Waals surface area contributed by atoms with Crippen LogP contribution in [0.5, 0.6) is 0 Å². The Morgan fingerprint density at radius 1 is 1.17 bits per heavy atom. The predicted molar refractivity (Wildman–Crippen MR) is 64.8 cm³/mol. The van der Waals surface area contributed by atoms with E-state index in [1.807, 2.05) is 0 Å². The molecule has 1 heterocycles. The highest BCUT2D eigenvalue weighted by Crippen LogP contribution is 2.24. The number of hydrogen-bond acceptors (Lipinski definition) is 3. The van der Waals surface area contributed by atoms with Gasteiger partial charge in [0.1, 0.15) is 17.6 Å². The van der Waals surface area contributed by atoms with Crippen LogP contribution in [0.25, 0.3) is 22.6 Å². The first kappa shape index (κ1) is 10.7. The SMILES string of the molecule is O=Cc1cccc(-c2nc3cc(F)ccc3o2)c1. The Morgan fingerprint density at radius 2 is 2.06 bits per heavy atom. The molecule has 3 nitrogen and oxygen atoms in total. The van der Waals surface area contributed by atoms with Crippen molar-refractivity contribution in [1.29, 1.82) is 0 Å². The summed E-state index contributed by atoms with van der Waals surface area (Å²) in [5.41, 5.74) is 2.21. The third-order valence-electron chi connectivity index (χ3n) is 2.62. The molecule has 0 aliphatic carbocycles. The number of carbonyl (C=O) groups excluding carboxylic acids is 1. The fourth-order valence-corrected chi connectivity index (χ4v) is 1.77. The number of halogens is 1. The van der Waals surface area contributed by atoms with E-state index in [9.17, 15) is 9.18 Å². The molecule has 88 valence electrons. The first-order chi connectivity index (χ1) is 8.76. The molecule has 0 aliphatic heterocycles. The van der Waals surface area contributed by atoms with Crippen molar-refractivity contribution in [3.63, 3.8) is 0 Å². The van der Waals surface area contributed by atoms with Gasteiger partial charge in [0.2, 0.25) is 5.89 Å². The second-order valence-electron chi connectivity index (χ2n) is 3.87. The molecule has 0 bridgehead atoms. The smallest absolute Gasteiger partial charge is 0.227 e. The minimum atomic E-state index is -0.357. The number of aromatic nitrogens is 1. The first-order valence-electron chi connectivity index (χ1n) is 5.38. The summed E-state index contributed by atoms with van der Waals surface area (Å²) in [6.07, 6.45) is 0.756. The topological polar surface area (TPSA) is 43.1 Å². The minimum absolute atomic E-state index is 0.357. The van der Waals surface area contributed by atoms with Gasteiger partial charge in [0.05, 0.1) is 0 Å². The standard InChI is InChI=1S/C14H8FNO2/c15-11-4-5-13-12(7-11)16-14(18-13)10-3-1-2-9(6-10)8-17/h1-8H.